The molecule has 0 atom stereocenters. The summed E-state index contributed by atoms with van der Waals surface area (Å²) in [6.07, 6.45) is 2.12. The van der Waals surface area contributed by atoms with E-state index in [2.05, 4.69) is 4.74 Å². The van der Waals surface area contributed by atoms with E-state index in [4.69, 9.17) is 10.5 Å². The van der Waals surface area contributed by atoms with Crippen LogP contribution in [0.3, 0.4) is 0 Å². The molecule has 2 N–H and O–H groups in total. The molecule has 0 saturated carbocycles. The molecular formula is C22H21N3O7. The molecule has 0 fully saturated rings. The van der Waals surface area contributed by atoms with Gasteiger partial charge in [0.25, 0.3) is 17.4 Å². The summed E-state index contributed by atoms with van der Waals surface area (Å²) in [5, 5.41) is 11.5. The number of nitro benzene ring substituents is 1. The molecule has 3 rings (SSSR count). The highest BCUT2D eigenvalue weighted by molar-refractivity contribution is 6.44. The number of nitro groups is 1. The van der Waals surface area contributed by atoms with Crippen molar-refractivity contribution in [2.75, 3.05) is 13.7 Å². The zero-order valence-electron chi connectivity index (χ0n) is 17.5. The predicted molar refractivity (Wildman–Crippen MR) is 114 cm³/mol. The number of benzene rings is 1. The second-order valence-corrected chi connectivity index (χ2v) is 6.87. The summed E-state index contributed by atoms with van der Waals surface area (Å²) in [5.74, 6) is -2.52. The summed E-state index contributed by atoms with van der Waals surface area (Å²) >= 11 is 0. The Kier molecular flexibility index (Phi) is 6.53. The van der Waals surface area contributed by atoms with Gasteiger partial charge in [0, 0.05) is 29.9 Å². The number of hydrogen-bond acceptors (Lipinski definition) is 7. The first-order valence-corrected chi connectivity index (χ1v) is 9.70. The number of hydrogen-bond donors (Lipinski definition) is 1. The number of para-hydroxylation sites is 1. The van der Waals surface area contributed by atoms with E-state index in [1.807, 2.05) is 0 Å². The first kappa shape index (κ1) is 22.5. The minimum Gasteiger partial charge on any atom is -0.480 e. The Hall–Kier alpha value is -4.21. The standard InChI is InChI=1S/C22H21N3O7/c1-3-14-16(11-13-7-4-5-8-15(13)25(29)30)24-10-6-9-17(32-12-18(26)31-2)20(24)19(14)21(27)22(23)28/h4-10H,3,11-12H2,1-2H3,(H2,23,28). The number of carbonyl (C=O) groups excluding carboxylic acids is 3. The highest BCUT2D eigenvalue weighted by Gasteiger charge is 2.28. The van der Waals surface area contributed by atoms with Gasteiger partial charge in [-0.1, -0.05) is 25.1 Å². The molecule has 3 aromatic rings. The fraction of sp³-hybridized carbons (Fsp3) is 0.227. The molecule has 2 heterocycles. The van der Waals surface area contributed by atoms with Crippen LogP contribution in [0.15, 0.2) is 42.6 Å². The molecule has 1 aromatic carbocycles. The molecule has 0 unspecified atom stereocenters. The smallest absolute Gasteiger partial charge is 0.343 e. The lowest BCUT2D eigenvalue weighted by Crippen LogP contribution is -2.24. The molecule has 0 saturated heterocycles. The summed E-state index contributed by atoms with van der Waals surface area (Å²) in [4.78, 5) is 47.2. The number of nitrogens with zero attached hydrogens (tertiary/aromatic N) is 2. The van der Waals surface area contributed by atoms with Crippen LogP contribution in [-0.4, -0.2) is 40.7 Å². The summed E-state index contributed by atoms with van der Waals surface area (Å²) in [5.41, 5.74) is 7.07. The normalized spacial score (nSPS) is 10.7. The van der Waals surface area contributed by atoms with Crippen LogP contribution >= 0.6 is 0 Å². The van der Waals surface area contributed by atoms with E-state index < -0.39 is 29.2 Å². The van der Waals surface area contributed by atoms with E-state index in [1.54, 1.807) is 47.9 Å². The number of amides is 1. The molecule has 0 aliphatic rings. The minimum atomic E-state index is -1.15. The van der Waals surface area contributed by atoms with E-state index in [0.717, 1.165) is 0 Å². The highest BCUT2D eigenvalue weighted by atomic mass is 16.6. The SMILES string of the molecule is CCc1c(C(=O)C(N)=O)c2c(OCC(=O)OC)cccn2c1Cc1ccccc1[N+](=O)[O-]. The third kappa shape index (κ3) is 4.15. The monoisotopic (exact) mass is 439 g/mol. The second kappa shape index (κ2) is 9.29. The number of esters is 1. The van der Waals surface area contributed by atoms with Gasteiger partial charge in [-0.15, -0.1) is 0 Å². The van der Waals surface area contributed by atoms with Gasteiger partial charge < -0.3 is 19.6 Å². The van der Waals surface area contributed by atoms with Crippen molar-refractivity contribution >= 4 is 28.9 Å². The lowest BCUT2D eigenvalue weighted by Gasteiger charge is -2.10. The summed E-state index contributed by atoms with van der Waals surface area (Å²) in [6.45, 7) is 1.39. The zero-order chi connectivity index (χ0) is 23.4. The first-order valence-electron chi connectivity index (χ1n) is 9.70. The van der Waals surface area contributed by atoms with E-state index in [1.165, 1.54) is 13.2 Å². The van der Waals surface area contributed by atoms with Gasteiger partial charge >= 0.3 is 5.97 Å². The fourth-order valence-electron chi connectivity index (χ4n) is 3.66. The molecular weight excluding hydrogens is 418 g/mol. The van der Waals surface area contributed by atoms with Crippen LogP contribution in [0.25, 0.3) is 5.52 Å². The van der Waals surface area contributed by atoms with E-state index >= 15 is 0 Å². The number of ketones is 1. The van der Waals surface area contributed by atoms with Crippen molar-refractivity contribution < 1.29 is 28.8 Å². The van der Waals surface area contributed by atoms with Gasteiger partial charge in [0.15, 0.2) is 6.61 Å². The van der Waals surface area contributed by atoms with Crippen LogP contribution in [0.4, 0.5) is 5.69 Å². The number of ether oxygens (including phenoxy) is 2. The van der Waals surface area contributed by atoms with Crippen LogP contribution in [-0.2, 0) is 27.2 Å². The van der Waals surface area contributed by atoms with Crippen molar-refractivity contribution in [3.05, 3.63) is 75.1 Å². The molecule has 1 amide bonds. The third-order valence-corrected chi connectivity index (χ3v) is 5.06. The van der Waals surface area contributed by atoms with Crippen molar-refractivity contribution in [2.24, 2.45) is 5.73 Å². The Balaban J connectivity index is 2.27. The topological polar surface area (TPSA) is 143 Å². The zero-order valence-corrected chi connectivity index (χ0v) is 17.5. The summed E-state index contributed by atoms with van der Waals surface area (Å²) in [6, 6.07) is 9.47. The Bertz CT molecular complexity index is 1230. The van der Waals surface area contributed by atoms with Crippen LogP contribution in [0, 0.1) is 10.1 Å². The van der Waals surface area contributed by atoms with Gasteiger partial charge in [0.1, 0.15) is 5.75 Å². The fourth-order valence-corrected chi connectivity index (χ4v) is 3.66. The number of pyridine rings is 1. The molecule has 10 heteroatoms. The minimum absolute atomic E-state index is 0.0500. The molecule has 0 bridgehead atoms. The van der Waals surface area contributed by atoms with Crippen LogP contribution in [0.1, 0.15) is 34.1 Å². The van der Waals surface area contributed by atoms with Crippen molar-refractivity contribution in [1.29, 1.82) is 0 Å². The Morgan fingerprint density at radius 1 is 1.16 bits per heavy atom. The summed E-state index contributed by atoms with van der Waals surface area (Å²) < 4.78 is 11.8. The average molecular weight is 439 g/mol. The maximum absolute atomic E-state index is 12.8. The van der Waals surface area contributed by atoms with E-state index in [0.29, 0.717) is 23.2 Å². The molecule has 0 aliphatic heterocycles. The number of aromatic nitrogens is 1. The largest absolute Gasteiger partial charge is 0.480 e. The molecule has 166 valence electrons. The van der Waals surface area contributed by atoms with E-state index in [-0.39, 0.29) is 28.9 Å². The predicted octanol–water partition coefficient (Wildman–Crippen LogP) is 2.22. The van der Waals surface area contributed by atoms with Crippen molar-refractivity contribution in [1.82, 2.24) is 4.40 Å². The Labute approximate surface area is 182 Å². The average Bonchev–Trinajstić information content (AvgIpc) is 3.10. The maximum Gasteiger partial charge on any atom is 0.343 e. The van der Waals surface area contributed by atoms with Crippen molar-refractivity contribution in [2.45, 2.75) is 19.8 Å². The Morgan fingerprint density at radius 2 is 1.88 bits per heavy atom. The number of carbonyl (C=O) groups is 3. The number of methoxy groups -OCH3 is 1. The van der Waals surface area contributed by atoms with Crippen LogP contribution in [0.5, 0.6) is 5.75 Å². The number of nitrogens with two attached hydrogens (primary N) is 1. The molecule has 0 radical (unpaired) electrons. The van der Waals surface area contributed by atoms with Gasteiger partial charge in [0.05, 0.1) is 23.1 Å². The van der Waals surface area contributed by atoms with Crippen LogP contribution in [0.2, 0.25) is 0 Å². The quantitative estimate of drug-likeness (QED) is 0.177. The molecule has 10 nitrogen and oxygen atoms in total. The highest BCUT2D eigenvalue weighted by Crippen LogP contribution is 2.34. The molecule has 0 spiro atoms. The first-order chi connectivity index (χ1) is 15.3. The van der Waals surface area contributed by atoms with Crippen molar-refractivity contribution in [3.8, 4) is 5.75 Å². The lowest BCUT2D eigenvalue weighted by atomic mass is 9.98. The van der Waals surface area contributed by atoms with Gasteiger partial charge in [-0.2, -0.15) is 0 Å². The second-order valence-electron chi connectivity index (χ2n) is 6.87. The lowest BCUT2D eigenvalue weighted by molar-refractivity contribution is -0.385. The van der Waals surface area contributed by atoms with E-state index in [9.17, 15) is 24.5 Å². The van der Waals surface area contributed by atoms with Gasteiger partial charge in [-0.25, -0.2) is 4.79 Å². The number of fused-ring (bicyclic) bond motifs is 1. The summed E-state index contributed by atoms with van der Waals surface area (Å²) in [7, 11) is 1.21. The number of Topliss-reactive ketones (excluding diaryl/α,β-unsaturated/α-hetero) is 1. The molecule has 2 aromatic heterocycles. The van der Waals surface area contributed by atoms with Gasteiger partial charge in [-0.3, -0.25) is 19.7 Å². The third-order valence-electron chi connectivity index (χ3n) is 5.06. The molecule has 0 aliphatic carbocycles. The maximum atomic E-state index is 12.8. The van der Waals surface area contributed by atoms with Gasteiger partial charge in [-0.05, 0) is 24.1 Å². The number of rotatable bonds is 9. The van der Waals surface area contributed by atoms with Crippen LogP contribution < -0.4 is 10.5 Å². The number of primary amides is 1. The molecule has 32 heavy (non-hydrogen) atoms. The van der Waals surface area contributed by atoms with Crippen molar-refractivity contribution in [3.63, 3.8) is 0 Å². The Morgan fingerprint density at radius 3 is 2.50 bits per heavy atom. The van der Waals surface area contributed by atoms with Gasteiger partial charge in [0.2, 0.25) is 0 Å².